The zero-order valence-corrected chi connectivity index (χ0v) is 21.8. The predicted molar refractivity (Wildman–Crippen MR) is 151 cm³/mol. The number of carboxylic acid groups (broad SMARTS) is 1. The van der Waals surface area contributed by atoms with Crippen molar-refractivity contribution >= 4 is 29.2 Å². The third kappa shape index (κ3) is 4.57. The zero-order valence-electron chi connectivity index (χ0n) is 21.8. The van der Waals surface area contributed by atoms with Crippen LogP contribution in [0.2, 0.25) is 0 Å². The molecule has 3 aromatic heterocycles. The summed E-state index contributed by atoms with van der Waals surface area (Å²) in [5, 5.41) is 12.6. The van der Waals surface area contributed by atoms with Crippen LogP contribution in [0, 0.1) is 0 Å². The number of nitrogen functional groups attached to an aromatic ring is 1. The maximum atomic E-state index is 12.8. The van der Waals surface area contributed by atoms with Crippen LogP contribution in [-0.4, -0.2) is 47.9 Å². The van der Waals surface area contributed by atoms with E-state index < -0.39 is 11.5 Å². The quantitative estimate of drug-likeness (QED) is 0.323. The fourth-order valence-electron chi connectivity index (χ4n) is 5.77. The molecule has 2 aliphatic rings. The first kappa shape index (κ1) is 25.3. The summed E-state index contributed by atoms with van der Waals surface area (Å²) >= 11 is 0. The van der Waals surface area contributed by atoms with Gasteiger partial charge in [-0.3, -0.25) is 14.1 Å². The van der Waals surface area contributed by atoms with Gasteiger partial charge >= 0.3 is 6.09 Å². The highest BCUT2D eigenvalue weighted by Crippen LogP contribution is 2.39. The Hall–Kier alpha value is -4.99. The molecule has 4 N–H and O–H groups in total. The Morgan fingerprint density at radius 1 is 1.10 bits per heavy atom. The Morgan fingerprint density at radius 3 is 2.67 bits per heavy atom. The molecular weight excluding hydrogens is 506 g/mol. The summed E-state index contributed by atoms with van der Waals surface area (Å²) in [5.74, 6) is 1.27. The molecule has 10 nitrogen and oxygen atoms in total. The number of nitrogens with two attached hydrogens (primary N) is 1. The number of amides is 2. The number of likely N-dealkylation sites (tertiary alicyclic amines) is 1. The molecule has 4 aromatic rings. The summed E-state index contributed by atoms with van der Waals surface area (Å²) in [7, 11) is 0. The van der Waals surface area contributed by atoms with Crippen LogP contribution >= 0.6 is 0 Å². The molecule has 1 aliphatic heterocycles. The molecule has 1 aliphatic carbocycles. The third-order valence-corrected chi connectivity index (χ3v) is 7.74. The number of anilines is 2. The summed E-state index contributed by atoms with van der Waals surface area (Å²) in [6.45, 7) is 0.475. The highest BCUT2D eigenvalue weighted by molar-refractivity contribution is 6.03. The Morgan fingerprint density at radius 2 is 1.95 bits per heavy atom. The Labute approximate surface area is 230 Å². The molecule has 202 valence electrons. The first-order valence-electron chi connectivity index (χ1n) is 13.2. The Balaban J connectivity index is 1.36. The van der Waals surface area contributed by atoms with Gasteiger partial charge in [0.05, 0.1) is 11.7 Å². The zero-order chi connectivity index (χ0) is 27.7. The van der Waals surface area contributed by atoms with Crippen LogP contribution in [-0.2, 0) is 11.8 Å². The van der Waals surface area contributed by atoms with Gasteiger partial charge in [-0.1, -0.05) is 42.5 Å². The number of benzene rings is 1. The average Bonchev–Trinajstić information content (AvgIpc) is 3.60. The van der Waals surface area contributed by atoms with E-state index in [2.05, 4.69) is 27.4 Å². The lowest BCUT2D eigenvalue weighted by molar-refractivity contribution is 0.102. The van der Waals surface area contributed by atoms with Gasteiger partial charge in [-0.25, -0.2) is 19.7 Å². The van der Waals surface area contributed by atoms with E-state index in [0.29, 0.717) is 47.9 Å². The van der Waals surface area contributed by atoms with E-state index in [-0.39, 0.29) is 11.9 Å². The predicted octanol–water partition coefficient (Wildman–Crippen LogP) is 4.77. The number of nitrogens with zero attached hydrogens (tertiary/aromatic N) is 5. The second-order valence-corrected chi connectivity index (χ2v) is 10.2. The largest absolute Gasteiger partial charge is 0.465 e. The highest BCUT2D eigenvalue weighted by Gasteiger charge is 2.36. The number of imidazole rings is 1. The van der Waals surface area contributed by atoms with Crippen molar-refractivity contribution in [3.63, 3.8) is 0 Å². The fourth-order valence-corrected chi connectivity index (χ4v) is 5.77. The fraction of sp³-hybridized carbons (Fsp3) is 0.233. The molecule has 1 saturated heterocycles. The van der Waals surface area contributed by atoms with E-state index in [9.17, 15) is 14.7 Å². The number of pyridine rings is 1. The molecule has 1 unspecified atom stereocenters. The van der Waals surface area contributed by atoms with Crippen molar-refractivity contribution in [3.8, 4) is 0 Å². The molecule has 0 saturated carbocycles. The molecule has 40 heavy (non-hydrogen) atoms. The summed E-state index contributed by atoms with van der Waals surface area (Å²) in [4.78, 5) is 39.7. The van der Waals surface area contributed by atoms with Gasteiger partial charge in [0.25, 0.3) is 5.91 Å². The van der Waals surface area contributed by atoms with Crippen molar-refractivity contribution in [2.75, 3.05) is 17.6 Å². The molecule has 10 heteroatoms. The number of nitrogens with one attached hydrogen (secondary N) is 1. The number of rotatable bonds is 6. The monoisotopic (exact) mass is 535 g/mol. The summed E-state index contributed by atoms with van der Waals surface area (Å²) < 4.78 is 1.89. The smallest absolute Gasteiger partial charge is 0.407 e. The van der Waals surface area contributed by atoms with Crippen molar-refractivity contribution in [1.82, 2.24) is 24.3 Å². The van der Waals surface area contributed by atoms with E-state index in [4.69, 9.17) is 10.7 Å². The number of fused-ring (bicyclic) bond motifs is 1. The lowest BCUT2D eigenvalue weighted by Gasteiger charge is -2.32. The number of aromatic nitrogens is 4. The average molecular weight is 536 g/mol. The molecule has 1 aromatic carbocycles. The maximum absolute atomic E-state index is 12.8. The van der Waals surface area contributed by atoms with Gasteiger partial charge in [0.2, 0.25) is 0 Å². The number of hydrogen-bond donors (Lipinski definition) is 3. The highest BCUT2D eigenvalue weighted by atomic mass is 16.4. The number of carbonyl (C=O) groups excluding carboxylic acids is 1. The van der Waals surface area contributed by atoms with Crippen molar-refractivity contribution in [2.24, 2.45) is 0 Å². The molecule has 0 bridgehead atoms. The van der Waals surface area contributed by atoms with Gasteiger partial charge in [0.1, 0.15) is 23.0 Å². The minimum Gasteiger partial charge on any atom is -0.465 e. The van der Waals surface area contributed by atoms with Gasteiger partial charge < -0.3 is 16.2 Å². The molecule has 2 amide bonds. The Bertz CT molecular complexity index is 1630. The summed E-state index contributed by atoms with van der Waals surface area (Å²) in [6, 6.07) is 12.6. The van der Waals surface area contributed by atoms with E-state index >= 15 is 0 Å². The van der Waals surface area contributed by atoms with Gasteiger partial charge in [-0.2, -0.15) is 0 Å². The lowest BCUT2D eigenvalue weighted by atomic mass is 9.72. The number of carbonyl (C=O) groups is 2. The van der Waals surface area contributed by atoms with Gasteiger partial charge in [-0.15, -0.1) is 0 Å². The first-order chi connectivity index (χ1) is 19.4. The van der Waals surface area contributed by atoms with Crippen molar-refractivity contribution in [3.05, 3.63) is 108 Å². The minimum absolute atomic E-state index is 0.235. The van der Waals surface area contributed by atoms with Crippen LogP contribution < -0.4 is 11.1 Å². The first-order valence-corrected chi connectivity index (χ1v) is 13.2. The summed E-state index contributed by atoms with van der Waals surface area (Å²) in [6.07, 6.45) is 15.1. The van der Waals surface area contributed by atoms with E-state index in [1.807, 2.05) is 46.9 Å². The number of hydrogen-bond acceptors (Lipinski definition) is 6. The molecule has 1 fully saturated rings. The van der Waals surface area contributed by atoms with Crippen molar-refractivity contribution in [1.29, 1.82) is 0 Å². The number of allylic oxidation sites excluding steroid dienone is 4. The topological polar surface area (TPSA) is 139 Å². The van der Waals surface area contributed by atoms with Crippen LogP contribution in [0.25, 0.3) is 5.52 Å². The summed E-state index contributed by atoms with van der Waals surface area (Å²) in [5.41, 5.74) is 8.95. The molecular formula is C30H29N7O3. The van der Waals surface area contributed by atoms with Gasteiger partial charge in [0.15, 0.2) is 0 Å². The lowest BCUT2D eigenvalue weighted by Crippen LogP contribution is -2.30. The SMILES string of the molecule is Nc1nccn2c(C3CCCN3C(=O)O)nc(C[C@]3(c4ccc(C(=O)Nc5ccccn5)cc4)C=CC=CC3)c12. The molecule has 6 rings (SSSR count). The minimum atomic E-state index is -0.952. The van der Waals surface area contributed by atoms with Crippen LogP contribution in [0.15, 0.2) is 85.4 Å². The second kappa shape index (κ2) is 10.3. The van der Waals surface area contributed by atoms with Crippen molar-refractivity contribution < 1.29 is 14.7 Å². The Kier molecular flexibility index (Phi) is 6.51. The van der Waals surface area contributed by atoms with Crippen LogP contribution in [0.4, 0.5) is 16.4 Å². The molecule has 2 atom stereocenters. The normalized spacial score (nSPS) is 20.2. The van der Waals surface area contributed by atoms with Gasteiger partial charge in [0, 0.05) is 42.5 Å². The second-order valence-electron chi connectivity index (χ2n) is 10.2. The van der Waals surface area contributed by atoms with Crippen LogP contribution in [0.1, 0.15) is 52.7 Å². The van der Waals surface area contributed by atoms with Gasteiger partial charge in [-0.05, 0) is 49.1 Å². The van der Waals surface area contributed by atoms with E-state index in [1.54, 1.807) is 30.7 Å². The molecule has 4 heterocycles. The van der Waals surface area contributed by atoms with Crippen molar-refractivity contribution in [2.45, 2.75) is 37.1 Å². The van der Waals surface area contributed by atoms with E-state index in [0.717, 1.165) is 24.1 Å². The van der Waals surface area contributed by atoms with Crippen LogP contribution in [0.3, 0.4) is 0 Å². The van der Waals surface area contributed by atoms with E-state index in [1.165, 1.54) is 4.90 Å². The van der Waals surface area contributed by atoms with Crippen LogP contribution in [0.5, 0.6) is 0 Å². The molecule has 0 spiro atoms. The molecule has 0 radical (unpaired) electrons. The standard InChI is InChI=1S/C30H29N7O3/c31-26-25-22(34-27(37(25)18-16-33-26)23-7-6-17-36(23)29(39)40)19-30(13-3-1-4-14-30)21-11-9-20(10-12-21)28(38)35-24-8-2-5-15-32-24/h1-5,8-13,15-16,18,23H,6-7,14,17,19H2,(H2,31,33)(H,39,40)(H,32,35,38)/t23?,30-/m0/s1. The third-order valence-electron chi connectivity index (χ3n) is 7.74. The maximum Gasteiger partial charge on any atom is 0.407 e.